The SMILES string of the molecule is Cc1ccc(CN(C)C(=O)c2cc(C)c(C)cc2C)cc1. The van der Waals surface area contributed by atoms with Crippen molar-refractivity contribution in [3.05, 3.63) is 69.8 Å². The monoisotopic (exact) mass is 281 g/mol. The Kier molecular flexibility index (Phi) is 4.46. The van der Waals surface area contributed by atoms with E-state index in [9.17, 15) is 4.79 Å². The van der Waals surface area contributed by atoms with E-state index in [4.69, 9.17) is 0 Å². The Morgan fingerprint density at radius 2 is 1.48 bits per heavy atom. The second-order valence-electron chi connectivity index (χ2n) is 5.90. The lowest BCUT2D eigenvalue weighted by molar-refractivity contribution is 0.0784. The van der Waals surface area contributed by atoms with E-state index in [1.165, 1.54) is 11.1 Å². The summed E-state index contributed by atoms with van der Waals surface area (Å²) in [5.41, 5.74) is 6.61. The summed E-state index contributed by atoms with van der Waals surface area (Å²) in [6, 6.07) is 12.4. The summed E-state index contributed by atoms with van der Waals surface area (Å²) < 4.78 is 0. The number of rotatable bonds is 3. The predicted molar refractivity (Wildman–Crippen MR) is 87.6 cm³/mol. The zero-order chi connectivity index (χ0) is 15.6. The highest BCUT2D eigenvalue weighted by molar-refractivity contribution is 5.95. The van der Waals surface area contributed by atoms with Gasteiger partial charge in [-0.25, -0.2) is 0 Å². The van der Waals surface area contributed by atoms with Crippen molar-refractivity contribution < 1.29 is 4.79 Å². The maximum atomic E-state index is 12.6. The van der Waals surface area contributed by atoms with Crippen molar-refractivity contribution in [1.82, 2.24) is 4.90 Å². The van der Waals surface area contributed by atoms with Gasteiger partial charge in [0.1, 0.15) is 0 Å². The number of nitrogens with zero attached hydrogens (tertiary/aromatic N) is 1. The molecule has 0 N–H and O–H groups in total. The predicted octanol–water partition coefficient (Wildman–Crippen LogP) is 4.19. The van der Waals surface area contributed by atoms with Gasteiger partial charge in [-0.05, 0) is 56.0 Å². The first kappa shape index (κ1) is 15.3. The third-order valence-electron chi connectivity index (χ3n) is 3.96. The molecule has 2 aromatic carbocycles. The van der Waals surface area contributed by atoms with Gasteiger partial charge in [-0.1, -0.05) is 35.9 Å². The zero-order valence-electron chi connectivity index (χ0n) is 13.5. The molecule has 21 heavy (non-hydrogen) atoms. The summed E-state index contributed by atoms with van der Waals surface area (Å²) in [4.78, 5) is 14.4. The summed E-state index contributed by atoms with van der Waals surface area (Å²) in [5.74, 6) is 0.0798. The van der Waals surface area contributed by atoms with E-state index in [0.29, 0.717) is 6.54 Å². The molecule has 0 heterocycles. The lowest BCUT2D eigenvalue weighted by Crippen LogP contribution is -2.27. The average molecular weight is 281 g/mol. The van der Waals surface area contributed by atoms with E-state index < -0.39 is 0 Å². The second-order valence-corrected chi connectivity index (χ2v) is 5.90. The van der Waals surface area contributed by atoms with Crippen LogP contribution >= 0.6 is 0 Å². The standard InChI is InChI=1S/C19H23NO/c1-13-6-8-17(9-7-13)12-20(5)19(21)18-11-15(3)14(2)10-16(18)4/h6-11H,12H2,1-5H3. The van der Waals surface area contributed by atoms with E-state index in [2.05, 4.69) is 44.2 Å². The van der Waals surface area contributed by atoms with E-state index in [1.807, 2.05) is 27.0 Å². The molecule has 110 valence electrons. The van der Waals surface area contributed by atoms with Crippen LogP contribution in [0.1, 0.15) is 38.2 Å². The van der Waals surface area contributed by atoms with Gasteiger partial charge in [0.2, 0.25) is 0 Å². The Bertz CT molecular complexity index is 656. The van der Waals surface area contributed by atoms with Crippen molar-refractivity contribution in [3.63, 3.8) is 0 Å². The quantitative estimate of drug-likeness (QED) is 0.826. The molecular weight excluding hydrogens is 258 g/mol. The lowest BCUT2D eigenvalue weighted by Gasteiger charge is -2.19. The van der Waals surface area contributed by atoms with E-state index in [1.54, 1.807) is 4.90 Å². The fourth-order valence-electron chi connectivity index (χ4n) is 2.44. The summed E-state index contributed by atoms with van der Waals surface area (Å²) in [6.07, 6.45) is 0. The molecule has 2 aromatic rings. The maximum absolute atomic E-state index is 12.6. The molecule has 0 spiro atoms. The van der Waals surface area contributed by atoms with Crippen molar-refractivity contribution in [2.24, 2.45) is 0 Å². The van der Waals surface area contributed by atoms with Gasteiger partial charge in [-0.15, -0.1) is 0 Å². The van der Waals surface area contributed by atoms with Gasteiger partial charge in [0.15, 0.2) is 0 Å². The Labute approximate surface area is 127 Å². The highest BCUT2D eigenvalue weighted by Crippen LogP contribution is 2.18. The minimum atomic E-state index is 0.0798. The molecule has 0 aliphatic heterocycles. The van der Waals surface area contributed by atoms with E-state index >= 15 is 0 Å². The zero-order valence-corrected chi connectivity index (χ0v) is 13.5. The van der Waals surface area contributed by atoms with Gasteiger partial charge < -0.3 is 4.90 Å². The Morgan fingerprint density at radius 1 is 0.905 bits per heavy atom. The molecule has 0 bridgehead atoms. The van der Waals surface area contributed by atoms with Crippen molar-refractivity contribution in [2.75, 3.05) is 7.05 Å². The van der Waals surface area contributed by atoms with Crippen LogP contribution in [-0.2, 0) is 6.54 Å². The van der Waals surface area contributed by atoms with Crippen LogP contribution in [0, 0.1) is 27.7 Å². The number of hydrogen-bond acceptors (Lipinski definition) is 1. The molecule has 0 atom stereocenters. The molecule has 0 saturated heterocycles. The van der Waals surface area contributed by atoms with Crippen LogP contribution in [0.3, 0.4) is 0 Å². The number of carbonyl (C=O) groups is 1. The Morgan fingerprint density at radius 3 is 2.10 bits per heavy atom. The summed E-state index contributed by atoms with van der Waals surface area (Å²) >= 11 is 0. The molecular formula is C19H23NO. The van der Waals surface area contributed by atoms with E-state index in [-0.39, 0.29) is 5.91 Å². The first-order valence-corrected chi connectivity index (χ1v) is 7.27. The molecule has 0 unspecified atom stereocenters. The maximum Gasteiger partial charge on any atom is 0.254 e. The number of hydrogen-bond donors (Lipinski definition) is 0. The highest BCUT2D eigenvalue weighted by Gasteiger charge is 2.15. The molecule has 0 aliphatic rings. The van der Waals surface area contributed by atoms with E-state index in [0.717, 1.165) is 22.3 Å². The number of carbonyl (C=O) groups excluding carboxylic acids is 1. The molecule has 0 aliphatic carbocycles. The number of benzene rings is 2. The molecule has 0 fully saturated rings. The van der Waals surface area contributed by atoms with Gasteiger partial charge in [-0.3, -0.25) is 4.79 Å². The van der Waals surface area contributed by atoms with Crippen LogP contribution in [-0.4, -0.2) is 17.9 Å². The van der Waals surface area contributed by atoms with Crippen LogP contribution in [0.4, 0.5) is 0 Å². The molecule has 0 saturated carbocycles. The fourth-order valence-corrected chi connectivity index (χ4v) is 2.44. The minimum absolute atomic E-state index is 0.0798. The molecule has 0 radical (unpaired) electrons. The van der Waals surface area contributed by atoms with Gasteiger partial charge in [-0.2, -0.15) is 0 Å². The summed E-state index contributed by atoms with van der Waals surface area (Å²) in [5, 5.41) is 0. The van der Waals surface area contributed by atoms with Crippen LogP contribution in [0.5, 0.6) is 0 Å². The third kappa shape index (κ3) is 3.52. The van der Waals surface area contributed by atoms with Crippen LogP contribution in [0.2, 0.25) is 0 Å². The first-order chi connectivity index (χ1) is 9.88. The normalized spacial score (nSPS) is 10.5. The van der Waals surface area contributed by atoms with Crippen molar-refractivity contribution in [1.29, 1.82) is 0 Å². The van der Waals surface area contributed by atoms with Crippen molar-refractivity contribution >= 4 is 5.91 Å². The van der Waals surface area contributed by atoms with Gasteiger partial charge >= 0.3 is 0 Å². The first-order valence-electron chi connectivity index (χ1n) is 7.27. The second kappa shape index (κ2) is 6.13. The molecule has 0 aromatic heterocycles. The Hall–Kier alpha value is -2.09. The van der Waals surface area contributed by atoms with Crippen LogP contribution < -0.4 is 0 Å². The minimum Gasteiger partial charge on any atom is -0.337 e. The topological polar surface area (TPSA) is 20.3 Å². The van der Waals surface area contributed by atoms with Gasteiger partial charge in [0.25, 0.3) is 5.91 Å². The number of amides is 1. The highest BCUT2D eigenvalue weighted by atomic mass is 16.2. The molecule has 2 nitrogen and oxygen atoms in total. The lowest BCUT2D eigenvalue weighted by atomic mass is 10.00. The summed E-state index contributed by atoms with van der Waals surface area (Å²) in [6.45, 7) is 8.82. The van der Waals surface area contributed by atoms with Gasteiger partial charge in [0, 0.05) is 19.2 Å². The van der Waals surface area contributed by atoms with Crippen LogP contribution in [0.25, 0.3) is 0 Å². The molecule has 2 rings (SSSR count). The molecule has 1 amide bonds. The van der Waals surface area contributed by atoms with Gasteiger partial charge in [0.05, 0.1) is 0 Å². The summed E-state index contributed by atoms with van der Waals surface area (Å²) in [7, 11) is 1.86. The molecule has 2 heteroatoms. The van der Waals surface area contributed by atoms with Crippen molar-refractivity contribution in [3.8, 4) is 0 Å². The van der Waals surface area contributed by atoms with Crippen LogP contribution in [0.15, 0.2) is 36.4 Å². The largest absolute Gasteiger partial charge is 0.337 e. The third-order valence-corrected chi connectivity index (χ3v) is 3.96. The smallest absolute Gasteiger partial charge is 0.254 e. The number of aryl methyl sites for hydroxylation is 4. The Balaban J connectivity index is 2.19. The average Bonchev–Trinajstić information content (AvgIpc) is 2.44. The fraction of sp³-hybridized carbons (Fsp3) is 0.316. The van der Waals surface area contributed by atoms with Crippen molar-refractivity contribution in [2.45, 2.75) is 34.2 Å².